The Labute approximate surface area is 118 Å². The van der Waals surface area contributed by atoms with Crippen molar-refractivity contribution in [1.82, 2.24) is 9.78 Å². The summed E-state index contributed by atoms with van der Waals surface area (Å²) in [6.45, 7) is 2.98. The van der Waals surface area contributed by atoms with Crippen molar-refractivity contribution < 1.29 is 9.53 Å². The summed E-state index contributed by atoms with van der Waals surface area (Å²) in [6.07, 6.45) is 1.93. The highest BCUT2D eigenvalue weighted by molar-refractivity contribution is 5.83. The topological polar surface area (TPSA) is 44.1 Å². The first-order valence-electron chi connectivity index (χ1n) is 6.92. The molecule has 104 valence electrons. The largest absolute Gasteiger partial charge is 0.355 e. The lowest BCUT2D eigenvalue weighted by Gasteiger charge is -2.13. The summed E-state index contributed by atoms with van der Waals surface area (Å²) in [5.74, 6) is 0.311. The zero-order valence-electron chi connectivity index (χ0n) is 11.6. The second-order valence-corrected chi connectivity index (χ2v) is 5.19. The molecule has 1 aliphatic carbocycles. The van der Waals surface area contributed by atoms with E-state index in [0.717, 1.165) is 28.9 Å². The molecule has 2 aromatic rings. The third-order valence-electron chi connectivity index (χ3n) is 3.71. The van der Waals surface area contributed by atoms with Gasteiger partial charge in [0.1, 0.15) is 12.5 Å². The van der Waals surface area contributed by atoms with Gasteiger partial charge in [0.05, 0.1) is 12.3 Å². The highest BCUT2D eigenvalue weighted by Crippen LogP contribution is 2.22. The zero-order valence-corrected chi connectivity index (χ0v) is 11.6. The van der Waals surface area contributed by atoms with E-state index >= 15 is 0 Å². The molecule has 1 aliphatic rings. The molecule has 0 fully saturated rings. The minimum absolute atomic E-state index is 0.311. The Morgan fingerprint density at radius 2 is 2.05 bits per heavy atom. The van der Waals surface area contributed by atoms with E-state index in [4.69, 9.17) is 4.74 Å². The molecule has 4 nitrogen and oxygen atoms in total. The third-order valence-corrected chi connectivity index (χ3v) is 3.71. The van der Waals surface area contributed by atoms with Crippen molar-refractivity contribution >= 4 is 5.78 Å². The monoisotopic (exact) mass is 270 g/mol. The number of ether oxygens (including phenoxy) is 1. The molecule has 0 atom stereocenters. The fraction of sp³-hybridized carbons (Fsp3) is 0.375. The lowest BCUT2D eigenvalue weighted by atomic mass is 9.95. The maximum Gasteiger partial charge on any atom is 0.140 e. The Kier molecular flexibility index (Phi) is 3.65. The normalized spacial score (nSPS) is 14.3. The van der Waals surface area contributed by atoms with E-state index in [2.05, 4.69) is 5.10 Å². The number of rotatable bonds is 4. The molecule has 0 bridgehead atoms. The molecule has 0 saturated heterocycles. The predicted octanol–water partition coefficient (Wildman–Crippen LogP) is 2.42. The number of aromatic nitrogens is 2. The van der Waals surface area contributed by atoms with E-state index in [1.54, 1.807) is 0 Å². The second kappa shape index (κ2) is 5.59. The molecule has 0 spiro atoms. The number of carbonyl (C=O) groups is 1. The van der Waals surface area contributed by atoms with Crippen LogP contribution >= 0.6 is 0 Å². The van der Waals surface area contributed by atoms with Crippen LogP contribution in [-0.2, 0) is 35.7 Å². The van der Waals surface area contributed by atoms with Gasteiger partial charge in [0.25, 0.3) is 0 Å². The summed E-state index contributed by atoms with van der Waals surface area (Å²) in [5, 5.41) is 4.50. The summed E-state index contributed by atoms with van der Waals surface area (Å²) < 4.78 is 7.63. The molecule has 1 heterocycles. The standard InChI is InChI=1S/C16H18N2O2/c1-12-15-9-14(19)7-8-16(15)18(17-12)11-20-10-13-5-3-2-4-6-13/h2-6H,7-11H2,1H3. The number of Topliss-reactive ketones (excluding diaryl/α,β-unsaturated/α-hetero) is 1. The Morgan fingerprint density at radius 3 is 2.85 bits per heavy atom. The number of hydrogen-bond acceptors (Lipinski definition) is 3. The Balaban J connectivity index is 1.67. The average Bonchev–Trinajstić information content (AvgIpc) is 2.76. The number of aryl methyl sites for hydroxylation is 1. The van der Waals surface area contributed by atoms with E-state index in [1.165, 1.54) is 0 Å². The van der Waals surface area contributed by atoms with Gasteiger partial charge in [-0.05, 0) is 18.9 Å². The number of nitrogens with zero attached hydrogens (tertiary/aromatic N) is 2. The summed E-state index contributed by atoms with van der Waals surface area (Å²) in [6, 6.07) is 10.1. The number of benzene rings is 1. The number of ketones is 1. The second-order valence-electron chi connectivity index (χ2n) is 5.19. The minimum atomic E-state index is 0.311. The first-order valence-corrected chi connectivity index (χ1v) is 6.92. The van der Waals surface area contributed by atoms with Crippen LogP contribution in [0.1, 0.15) is 28.9 Å². The van der Waals surface area contributed by atoms with Gasteiger partial charge in [0.15, 0.2) is 0 Å². The summed E-state index contributed by atoms with van der Waals surface area (Å²) in [4.78, 5) is 11.5. The smallest absolute Gasteiger partial charge is 0.140 e. The Morgan fingerprint density at radius 1 is 1.25 bits per heavy atom. The predicted molar refractivity (Wildman–Crippen MR) is 75.2 cm³/mol. The van der Waals surface area contributed by atoms with Crippen LogP contribution in [0.25, 0.3) is 0 Å². The number of fused-ring (bicyclic) bond motifs is 1. The summed E-state index contributed by atoms with van der Waals surface area (Å²) in [7, 11) is 0. The lowest BCUT2D eigenvalue weighted by molar-refractivity contribution is -0.118. The minimum Gasteiger partial charge on any atom is -0.355 e. The van der Waals surface area contributed by atoms with Crippen molar-refractivity contribution in [1.29, 1.82) is 0 Å². The van der Waals surface area contributed by atoms with Gasteiger partial charge in [0.2, 0.25) is 0 Å². The van der Waals surface area contributed by atoms with Crippen LogP contribution in [0.2, 0.25) is 0 Å². The maximum absolute atomic E-state index is 11.5. The third kappa shape index (κ3) is 2.65. The van der Waals surface area contributed by atoms with E-state index in [1.807, 2.05) is 41.9 Å². The lowest BCUT2D eigenvalue weighted by Crippen LogP contribution is -2.16. The van der Waals surface area contributed by atoms with Crippen LogP contribution in [0, 0.1) is 6.92 Å². The molecular formula is C16H18N2O2. The van der Waals surface area contributed by atoms with Crippen molar-refractivity contribution in [2.24, 2.45) is 0 Å². The molecule has 0 unspecified atom stereocenters. The van der Waals surface area contributed by atoms with Gasteiger partial charge in [-0.3, -0.25) is 4.79 Å². The molecule has 1 aromatic carbocycles. The fourth-order valence-corrected chi connectivity index (χ4v) is 2.65. The van der Waals surface area contributed by atoms with Gasteiger partial charge in [-0.25, -0.2) is 4.68 Å². The summed E-state index contributed by atoms with van der Waals surface area (Å²) in [5.41, 5.74) is 4.37. The van der Waals surface area contributed by atoms with E-state index in [0.29, 0.717) is 32.0 Å². The zero-order chi connectivity index (χ0) is 13.9. The van der Waals surface area contributed by atoms with Gasteiger partial charge >= 0.3 is 0 Å². The van der Waals surface area contributed by atoms with Gasteiger partial charge < -0.3 is 4.74 Å². The first-order chi connectivity index (χ1) is 9.74. The molecule has 0 amide bonds. The van der Waals surface area contributed by atoms with Crippen molar-refractivity contribution in [3.8, 4) is 0 Å². The fourth-order valence-electron chi connectivity index (χ4n) is 2.65. The van der Waals surface area contributed by atoms with E-state index in [9.17, 15) is 4.79 Å². The van der Waals surface area contributed by atoms with Crippen LogP contribution in [0.5, 0.6) is 0 Å². The van der Waals surface area contributed by atoms with Crippen molar-refractivity contribution in [3.05, 3.63) is 52.8 Å². The molecule has 0 saturated carbocycles. The quantitative estimate of drug-likeness (QED) is 0.857. The SMILES string of the molecule is Cc1nn(COCc2ccccc2)c2c1CC(=O)CC2. The molecule has 4 heteroatoms. The van der Waals surface area contributed by atoms with E-state index < -0.39 is 0 Å². The summed E-state index contributed by atoms with van der Waals surface area (Å²) >= 11 is 0. The van der Waals surface area contributed by atoms with Crippen molar-refractivity contribution in [3.63, 3.8) is 0 Å². The number of carbonyl (C=O) groups excluding carboxylic acids is 1. The van der Waals surface area contributed by atoms with Crippen molar-refractivity contribution in [2.75, 3.05) is 0 Å². The Hall–Kier alpha value is -1.94. The van der Waals surface area contributed by atoms with Crippen LogP contribution in [0.15, 0.2) is 30.3 Å². The van der Waals surface area contributed by atoms with Crippen LogP contribution < -0.4 is 0 Å². The molecule has 0 aliphatic heterocycles. The van der Waals surface area contributed by atoms with Gasteiger partial charge in [-0.15, -0.1) is 0 Å². The highest BCUT2D eigenvalue weighted by Gasteiger charge is 2.22. The highest BCUT2D eigenvalue weighted by atomic mass is 16.5. The molecule has 0 radical (unpaired) electrons. The molecule has 3 rings (SSSR count). The van der Waals surface area contributed by atoms with Gasteiger partial charge in [-0.1, -0.05) is 30.3 Å². The first kappa shape index (κ1) is 13.1. The molecule has 20 heavy (non-hydrogen) atoms. The molecule has 0 N–H and O–H groups in total. The van der Waals surface area contributed by atoms with Gasteiger partial charge in [0, 0.05) is 24.1 Å². The van der Waals surface area contributed by atoms with Crippen LogP contribution in [0.4, 0.5) is 0 Å². The molecule has 1 aromatic heterocycles. The van der Waals surface area contributed by atoms with Crippen LogP contribution in [-0.4, -0.2) is 15.6 Å². The van der Waals surface area contributed by atoms with Gasteiger partial charge in [-0.2, -0.15) is 5.10 Å². The maximum atomic E-state index is 11.5. The van der Waals surface area contributed by atoms with Crippen molar-refractivity contribution in [2.45, 2.75) is 39.5 Å². The molecular weight excluding hydrogens is 252 g/mol. The van der Waals surface area contributed by atoms with E-state index in [-0.39, 0.29) is 0 Å². The Bertz CT molecular complexity index is 617. The average molecular weight is 270 g/mol. The van der Waals surface area contributed by atoms with Crippen LogP contribution in [0.3, 0.4) is 0 Å². The number of hydrogen-bond donors (Lipinski definition) is 0.